The van der Waals surface area contributed by atoms with Crippen LogP contribution in [0.4, 0.5) is 5.69 Å². The van der Waals surface area contributed by atoms with Crippen molar-refractivity contribution in [2.75, 3.05) is 31.1 Å². The molecule has 1 saturated heterocycles. The molecule has 0 unspecified atom stereocenters. The number of hydrogen-bond acceptors (Lipinski definition) is 2. The molecule has 2 rings (SSSR count). The van der Waals surface area contributed by atoms with E-state index in [9.17, 15) is 0 Å². The van der Waals surface area contributed by atoms with Gasteiger partial charge in [0, 0.05) is 31.9 Å². The van der Waals surface area contributed by atoms with Gasteiger partial charge in [0.25, 0.3) is 0 Å². The van der Waals surface area contributed by atoms with E-state index in [0.717, 1.165) is 31.8 Å². The van der Waals surface area contributed by atoms with Crippen molar-refractivity contribution in [1.82, 2.24) is 5.32 Å². The second-order valence-corrected chi connectivity index (χ2v) is 4.07. The van der Waals surface area contributed by atoms with Crippen molar-refractivity contribution in [3.8, 4) is 0 Å². The first-order valence-corrected chi connectivity index (χ1v) is 5.49. The van der Waals surface area contributed by atoms with Crippen LogP contribution in [0, 0.1) is 0 Å². The Morgan fingerprint density at radius 1 is 1.33 bits per heavy atom. The largest absolute Gasteiger partial charge is 0.369 e. The lowest BCUT2D eigenvalue weighted by Gasteiger charge is -2.29. The minimum absolute atomic E-state index is 1.08. The van der Waals surface area contributed by atoms with Crippen LogP contribution in [0.2, 0.25) is 0 Å². The molecule has 0 spiro atoms. The summed E-state index contributed by atoms with van der Waals surface area (Å²) in [5.74, 6) is 0. The van der Waals surface area contributed by atoms with Gasteiger partial charge in [0.1, 0.15) is 0 Å². The molecule has 1 N–H and O–H groups in total. The van der Waals surface area contributed by atoms with Gasteiger partial charge in [-0.15, -0.1) is 0 Å². The molecule has 0 bridgehead atoms. The van der Waals surface area contributed by atoms with Crippen LogP contribution in [0.3, 0.4) is 0 Å². The second-order valence-electron chi connectivity index (χ2n) is 4.07. The molecule has 1 aromatic carbocycles. The molecule has 0 aromatic heterocycles. The minimum Gasteiger partial charge on any atom is -0.369 e. The zero-order valence-electron chi connectivity index (χ0n) is 9.29. The number of nitrogens with zero attached hydrogens (tertiary/aromatic N) is 1. The second kappa shape index (κ2) is 4.49. The van der Waals surface area contributed by atoms with Crippen LogP contribution < -0.4 is 10.2 Å². The summed E-state index contributed by atoms with van der Waals surface area (Å²) < 4.78 is 0. The third kappa shape index (κ3) is 2.39. The molecule has 1 aliphatic heterocycles. The first-order chi connectivity index (χ1) is 7.27. The standard InChI is InChI=1S/C13H18N2/c1-11(2)12-4-3-5-13(10-12)15-8-6-14-7-9-15/h3-5,10,14H,1,6-9H2,2H3. The van der Waals surface area contributed by atoms with Gasteiger partial charge in [-0.3, -0.25) is 0 Å². The lowest BCUT2D eigenvalue weighted by atomic mass is 10.1. The molecule has 0 saturated carbocycles. The highest BCUT2D eigenvalue weighted by Gasteiger charge is 2.10. The van der Waals surface area contributed by atoms with Crippen molar-refractivity contribution in [2.24, 2.45) is 0 Å². The van der Waals surface area contributed by atoms with E-state index >= 15 is 0 Å². The van der Waals surface area contributed by atoms with Crippen molar-refractivity contribution in [1.29, 1.82) is 0 Å². The van der Waals surface area contributed by atoms with Gasteiger partial charge in [-0.2, -0.15) is 0 Å². The van der Waals surface area contributed by atoms with Gasteiger partial charge in [0.05, 0.1) is 0 Å². The van der Waals surface area contributed by atoms with E-state index in [4.69, 9.17) is 0 Å². The van der Waals surface area contributed by atoms with Crippen molar-refractivity contribution < 1.29 is 0 Å². The van der Waals surface area contributed by atoms with E-state index in [2.05, 4.69) is 48.0 Å². The van der Waals surface area contributed by atoms with Crippen LogP contribution in [-0.4, -0.2) is 26.2 Å². The number of rotatable bonds is 2. The number of piperazine rings is 1. The number of hydrogen-bond donors (Lipinski definition) is 1. The Bertz CT molecular complexity index is 351. The fourth-order valence-electron chi connectivity index (χ4n) is 1.89. The van der Waals surface area contributed by atoms with E-state index in [1.54, 1.807) is 0 Å². The minimum atomic E-state index is 1.08. The highest BCUT2D eigenvalue weighted by atomic mass is 15.2. The number of nitrogens with one attached hydrogen (secondary N) is 1. The van der Waals surface area contributed by atoms with E-state index in [0.29, 0.717) is 0 Å². The summed E-state index contributed by atoms with van der Waals surface area (Å²) in [5, 5.41) is 3.36. The quantitative estimate of drug-likeness (QED) is 0.790. The average Bonchev–Trinajstić information content (AvgIpc) is 2.30. The Kier molecular flexibility index (Phi) is 3.07. The van der Waals surface area contributed by atoms with Gasteiger partial charge >= 0.3 is 0 Å². The Hall–Kier alpha value is -1.28. The summed E-state index contributed by atoms with van der Waals surface area (Å²) >= 11 is 0. The normalized spacial score (nSPS) is 16.5. The summed E-state index contributed by atoms with van der Waals surface area (Å²) in [6, 6.07) is 8.64. The molecular weight excluding hydrogens is 184 g/mol. The summed E-state index contributed by atoms with van der Waals surface area (Å²) in [4.78, 5) is 2.42. The summed E-state index contributed by atoms with van der Waals surface area (Å²) in [6.07, 6.45) is 0. The van der Waals surface area contributed by atoms with Crippen LogP contribution in [0.25, 0.3) is 5.57 Å². The number of benzene rings is 1. The average molecular weight is 202 g/mol. The van der Waals surface area contributed by atoms with Crippen LogP contribution in [0.5, 0.6) is 0 Å². The molecule has 0 radical (unpaired) electrons. The predicted octanol–water partition coefficient (Wildman–Crippen LogP) is 2.13. The van der Waals surface area contributed by atoms with E-state index in [-0.39, 0.29) is 0 Å². The van der Waals surface area contributed by atoms with Gasteiger partial charge in [0.15, 0.2) is 0 Å². The van der Waals surface area contributed by atoms with Crippen LogP contribution in [-0.2, 0) is 0 Å². The third-order valence-electron chi connectivity index (χ3n) is 2.82. The molecule has 0 atom stereocenters. The van der Waals surface area contributed by atoms with Crippen molar-refractivity contribution >= 4 is 11.3 Å². The zero-order chi connectivity index (χ0) is 10.7. The van der Waals surface area contributed by atoms with Crippen LogP contribution in [0.15, 0.2) is 30.8 Å². The van der Waals surface area contributed by atoms with Crippen molar-refractivity contribution in [3.05, 3.63) is 36.4 Å². The van der Waals surface area contributed by atoms with Gasteiger partial charge in [0.2, 0.25) is 0 Å². The van der Waals surface area contributed by atoms with Crippen LogP contribution in [0.1, 0.15) is 12.5 Å². The molecule has 1 aromatic rings. The highest BCUT2D eigenvalue weighted by Crippen LogP contribution is 2.20. The summed E-state index contributed by atoms with van der Waals surface area (Å²) in [7, 11) is 0. The number of anilines is 1. The van der Waals surface area contributed by atoms with Crippen molar-refractivity contribution in [3.63, 3.8) is 0 Å². The fraction of sp³-hybridized carbons (Fsp3) is 0.385. The van der Waals surface area contributed by atoms with Gasteiger partial charge < -0.3 is 10.2 Å². The molecule has 1 aliphatic rings. The molecule has 2 nitrogen and oxygen atoms in total. The predicted molar refractivity (Wildman–Crippen MR) is 66.2 cm³/mol. The van der Waals surface area contributed by atoms with Gasteiger partial charge in [-0.25, -0.2) is 0 Å². The van der Waals surface area contributed by atoms with Crippen molar-refractivity contribution in [2.45, 2.75) is 6.92 Å². The van der Waals surface area contributed by atoms with Crippen LogP contribution >= 0.6 is 0 Å². The molecule has 1 heterocycles. The lowest BCUT2D eigenvalue weighted by molar-refractivity contribution is 0.589. The maximum atomic E-state index is 3.98. The van der Waals surface area contributed by atoms with Gasteiger partial charge in [-0.05, 0) is 24.6 Å². The molecule has 2 heteroatoms. The Labute approximate surface area is 91.6 Å². The SMILES string of the molecule is C=C(C)c1cccc(N2CCNCC2)c1. The molecule has 80 valence electrons. The maximum absolute atomic E-state index is 3.98. The summed E-state index contributed by atoms with van der Waals surface area (Å²) in [6.45, 7) is 10.4. The van der Waals surface area contributed by atoms with E-state index < -0.39 is 0 Å². The smallest absolute Gasteiger partial charge is 0.0373 e. The lowest BCUT2D eigenvalue weighted by Crippen LogP contribution is -2.43. The molecular formula is C13H18N2. The Balaban J connectivity index is 2.19. The molecule has 1 fully saturated rings. The monoisotopic (exact) mass is 202 g/mol. The Morgan fingerprint density at radius 2 is 2.07 bits per heavy atom. The Morgan fingerprint density at radius 3 is 2.73 bits per heavy atom. The fourth-order valence-corrected chi connectivity index (χ4v) is 1.89. The molecule has 0 amide bonds. The zero-order valence-corrected chi connectivity index (χ0v) is 9.29. The molecule has 0 aliphatic carbocycles. The molecule has 15 heavy (non-hydrogen) atoms. The first-order valence-electron chi connectivity index (χ1n) is 5.49. The number of allylic oxidation sites excluding steroid dienone is 1. The highest BCUT2D eigenvalue weighted by molar-refractivity contribution is 5.66. The van der Waals surface area contributed by atoms with E-state index in [1.807, 2.05) is 0 Å². The van der Waals surface area contributed by atoms with E-state index in [1.165, 1.54) is 11.3 Å². The van der Waals surface area contributed by atoms with Gasteiger partial charge in [-0.1, -0.05) is 24.3 Å². The summed E-state index contributed by atoms with van der Waals surface area (Å²) in [5.41, 5.74) is 3.69. The first kappa shape index (κ1) is 10.2. The topological polar surface area (TPSA) is 15.3 Å². The maximum Gasteiger partial charge on any atom is 0.0373 e. The third-order valence-corrected chi connectivity index (χ3v) is 2.82.